The Morgan fingerprint density at radius 3 is 2.61 bits per heavy atom. The number of carbonyl (C=O) groups excluding carboxylic acids is 2. The molecule has 1 fully saturated rings. The molecule has 2 unspecified atom stereocenters. The van der Waals surface area contributed by atoms with E-state index in [4.69, 9.17) is 16.4 Å². The molecular formula is C22H21Cl2F2N5O2. The second-order valence-electron chi connectivity index (χ2n) is 7.31. The normalized spacial score (nSPS) is 16.6. The third-order valence-electron chi connectivity index (χ3n) is 5.01. The highest BCUT2D eigenvalue weighted by molar-refractivity contribution is 6.31. The minimum atomic E-state index is -1.82. The number of nitrogens with one attached hydrogen (secondary N) is 2. The number of hydrogen-bond acceptors (Lipinski definition) is 6. The van der Waals surface area contributed by atoms with Crippen molar-refractivity contribution in [2.24, 2.45) is 0 Å². The quantitative estimate of drug-likeness (QED) is 0.385. The molecule has 2 N–H and O–H groups in total. The molecule has 0 bridgehead atoms. The predicted octanol–water partition coefficient (Wildman–Crippen LogP) is 4.92. The van der Waals surface area contributed by atoms with Gasteiger partial charge in [-0.15, -0.1) is 0 Å². The highest BCUT2D eigenvalue weighted by Crippen LogP contribution is 2.28. The molecule has 0 spiro atoms. The summed E-state index contributed by atoms with van der Waals surface area (Å²) in [5.74, 6) is 0.0411. The van der Waals surface area contributed by atoms with E-state index in [9.17, 15) is 13.6 Å². The topological polar surface area (TPSA) is 87.2 Å². The molecule has 2 aromatic carbocycles. The van der Waals surface area contributed by atoms with Gasteiger partial charge in [-0.25, -0.2) is 18.7 Å². The average molecular weight is 496 g/mol. The Kier molecular flexibility index (Phi) is 8.49. The maximum Gasteiger partial charge on any atom is 0.241 e. The van der Waals surface area contributed by atoms with Gasteiger partial charge in [-0.05, 0) is 62.8 Å². The van der Waals surface area contributed by atoms with E-state index in [1.807, 2.05) is 25.2 Å². The van der Waals surface area contributed by atoms with Crippen LogP contribution < -0.4 is 10.6 Å². The molecule has 1 amide bonds. The molecule has 1 aliphatic rings. The first-order valence-electron chi connectivity index (χ1n) is 10.00. The Bertz CT molecular complexity index is 1150. The fourth-order valence-corrected chi connectivity index (χ4v) is 3.59. The molecule has 2 atom stereocenters. The highest BCUT2D eigenvalue weighted by Gasteiger charge is 2.27. The van der Waals surface area contributed by atoms with Crippen molar-refractivity contribution in [3.8, 4) is 0 Å². The first-order valence-corrected chi connectivity index (χ1v) is 10.8. The van der Waals surface area contributed by atoms with Gasteiger partial charge in [0.05, 0.1) is 16.6 Å². The van der Waals surface area contributed by atoms with E-state index in [2.05, 4.69) is 37.1 Å². The zero-order chi connectivity index (χ0) is 24.0. The number of aldehydes is 1. The number of amides is 1. The van der Waals surface area contributed by atoms with Crippen LogP contribution in [0.5, 0.6) is 0 Å². The summed E-state index contributed by atoms with van der Waals surface area (Å²) >= 11 is 10.3. The Morgan fingerprint density at radius 1 is 1.24 bits per heavy atom. The number of rotatable bonds is 5. The maximum atomic E-state index is 13.4. The summed E-state index contributed by atoms with van der Waals surface area (Å²) in [7, 11) is 1.96. The fraction of sp³-hybridized carbons (Fsp3) is 0.273. The molecule has 174 valence electrons. The van der Waals surface area contributed by atoms with Crippen LogP contribution in [0.1, 0.15) is 12.8 Å². The Morgan fingerprint density at radius 2 is 1.97 bits per heavy atom. The second-order valence-corrected chi connectivity index (χ2v) is 8.13. The van der Waals surface area contributed by atoms with Crippen molar-refractivity contribution in [3.63, 3.8) is 0 Å². The van der Waals surface area contributed by atoms with Gasteiger partial charge in [0.25, 0.3) is 0 Å². The molecule has 3 aromatic rings. The van der Waals surface area contributed by atoms with Gasteiger partial charge in [0.2, 0.25) is 11.5 Å². The first kappa shape index (κ1) is 24.8. The molecule has 11 heteroatoms. The summed E-state index contributed by atoms with van der Waals surface area (Å²) in [6.45, 7) is 0.929. The van der Waals surface area contributed by atoms with Crippen molar-refractivity contribution in [2.75, 3.05) is 24.2 Å². The first-order chi connectivity index (χ1) is 15.8. The average Bonchev–Trinajstić information content (AvgIpc) is 3.23. The molecule has 4 rings (SSSR count). The molecule has 0 radical (unpaired) electrons. The monoisotopic (exact) mass is 495 g/mol. The van der Waals surface area contributed by atoms with Crippen LogP contribution >= 0.6 is 23.2 Å². The number of likely N-dealkylation sites (N-methyl/N-ethyl adjacent to an activating group) is 1. The molecule has 0 aliphatic carbocycles. The highest BCUT2D eigenvalue weighted by atomic mass is 35.5. The van der Waals surface area contributed by atoms with E-state index in [-0.39, 0.29) is 23.3 Å². The van der Waals surface area contributed by atoms with Crippen LogP contribution in [-0.2, 0) is 9.59 Å². The summed E-state index contributed by atoms with van der Waals surface area (Å²) < 4.78 is 24.2. The van der Waals surface area contributed by atoms with E-state index in [0.717, 1.165) is 30.3 Å². The van der Waals surface area contributed by atoms with Crippen molar-refractivity contribution < 1.29 is 18.4 Å². The number of hydrogen-bond donors (Lipinski definition) is 2. The van der Waals surface area contributed by atoms with E-state index in [0.29, 0.717) is 17.2 Å². The number of nitrogens with zero attached hydrogens (tertiary/aromatic N) is 3. The zero-order valence-electron chi connectivity index (χ0n) is 17.6. The summed E-state index contributed by atoms with van der Waals surface area (Å²) in [4.78, 5) is 32.2. The number of anilines is 3. The van der Waals surface area contributed by atoms with Gasteiger partial charge >= 0.3 is 0 Å². The lowest BCUT2D eigenvalue weighted by molar-refractivity contribution is -0.120. The minimum absolute atomic E-state index is 0.0154. The lowest BCUT2D eigenvalue weighted by Crippen LogP contribution is -2.37. The van der Waals surface area contributed by atoms with Crippen LogP contribution in [0.2, 0.25) is 5.02 Å². The van der Waals surface area contributed by atoms with Crippen LogP contribution in [-0.4, -0.2) is 52.3 Å². The molecular weight excluding hydrogens is 475 g/mol. The van der Waals surface area contributed by atoms with Crippen molar-refractivity contribution in [1.82, 2.24) is 14.9 Å². The molecule has 7 nitrogen and oxygen atoms in total. The molecule has 1 saturated heterocycles. The number of likely N-dealkylation sites (tertiary alicyclic amines) is 1. The Labute approximate surface area is 199 Å². The van der Waals surface area contributed by atoms with E-state index in [1.54, 1.807) is 6.07 Å². The van der Waals surface area contributed by atoms with Gasteiger partial charge in [-0.3, -0.25) is 14.5 Å². The van der Waals surface area contributed by atoms with Gasteiger partial charge in [-0.2, -0.15) is 0 Å². The van der Waals surface area contributed by atoms with Gasteiger partial charge in [0.15, 0.2) is 6.29 Å². The van der Waals surface area contributed by atoms with Crippen molar-refractivity contribution in [3.05, 3.63) is 53.6 Å². The predicted molar refractivity (Wildman–Crippen MR) is 125 cm³/mol. The summed E-state index contributed by atoms with van der Waals surface area (Å²) in [5.41, 5.74) is 0.179. The third kappa shape index (κ3) is 6.56. The number of alkyl halides is 2. The smallest absolute Gasteiger partial charge is 0.241 e. The van der Waals surface area contributed by atoms with Gasteiger partial charge in [0.1, 0.15) is 18.0 Å². The van der Waals surface area contributed by atoms with Crippen LogP contribution in [0.4, 0.5) is 26.0 Å². The van der Waals surface area contributed by atoms with Crippen LogP contribution in [0, 0.1) is 5.82 Å². The fourth-order valence-electron chi connectivity index (χ4n) is 3.41. The molecule has 1 aliphatic heterocycles. The van der Waals surface area contributed by atoms with Crippen molar-refractivity contribution in [2.45, 2.75) is 24.5 Å². The Balaban J connectivity index is 0.000000555. The van der Waals surface area contributed by atoms with E-state index in [1.165, 1.54) is 18.5 Å². The molecule has 33 heavy (non-hydrogen) atoms. The number of aromatic nitrogens is 2. The molecule has 2 heterocycles. The lowest BCUT2D eigenvalue weighted by Gasteiger charge is -2.19. The number of carbonyl (C=O) groups is 2. The van der Waals surface area contributed by atoms with Crippen LogP contribution in [0.3, 0.4) is 0 Å². The van der Waals surface area contributed by atoms with E-state index >= 15 is 0 Å². The van der Waals surface area contributed by atoms with Crippen LogP contribution in [0.15, 0.2) is 42.7 Å². The summed E-state index contributed by atoms with van der Waals surface area (Å²) in [6.07, 6.45) is 3.34. The number of benzene rings is 2. The van der Waals surface area contributed by atoms with Crippen molar-refractivity contribution in [1.29, 1.82) is 0 Å². The van der Waals surface area contributed by atoms with Gasteiger partial charge < -0.3 is 10.6 Å². The van der Waals surface area contributed by atoms with E-state index < -0.39 is 11.4 Å². The SMILES string of the molecule is CN1CCCC1C(=O)Nc1ccc2ncnc(Nc3ccc(F)c(Cl)c3)c2c1.O=CC(F)Cl. The molecule has 1 aromatic heterocycles. The van der Waals surface area contributed by atoms with Crippen molar-refractivity contribution >= 4 is 63.5 Å². The van der Waals surface area contributed by atoms with Gasteiger partial charge in [0, 0.05) is 16.8 Å². The summed E-state index contributed by atoms with van der Waals surface area (Å²) in [5, 5.41) is 6.88. The maximum absolute atomic E-state index is 13.4. The third-order valence-corrected chi connectivity index (χ3v) is 5.40. The lowest BCUT2D eigenvalue weighted by atomic mass is 10.1. The molecule has 0 saturated carbocycles. The number of fused-ring (bicyclic) bond motifs is 1. The largest absolute Gasteiger partial charge is 0.340 e. The van der Waals surface area contributed by atoms with Gasteiger partial charge in [-0.1, -0.05) is 23.2 Å². The zero-order valence-corrected chi connectivity index (χ0v) is 19.1. The number of halogens is 4. The summed E-state index contributed by atoms with van der Waals surface area (Å²) in [6, 6.07) is 9.73. The Hall–Kier alpha value is -2.88. The minimum Gasteiger partial charge on any atom is -0.340 e. The standard InChI is InChI=1S/C20H19ClFN5O.C2H2ClFO/c1-27-8-2-3-18(27)20(28)26-12-5-7-17-14(9-12)19(24-11-23-17)25-13-4-6-16(22)15(21)10-13;3-2(4)1-5/h4-7,9-11,18H,2-3,8H2,1H3,(H,26,28)(H,23,24,25);1-2H. The second kappa shape index (κ2) is 11.3. The van der Waals surface area contributed by atoms with Crippen LogP contribution in [0.25, 0.3) is 10.9 Å².